The van der Waals surface area contributed by atoms with E-state index in [1.165, 1.54) is 50.1 Å². The maximum Gasteiger partial charge on any atom is 0.329 e. The molecule has 0 spiro atoms. The van der Waals surface area contributed by atoms with Crippen LogP contribution in [0.25, 0.3) is 0 Å². The van der Waals surface area contributed by atoms with Crippen LogP contribution in [0.1, 0.15) is 143 Å². The Kier molecular flexibility index (Phi) is 33.1. The Labute approximate surface area is 621 Å². The summed E-state index contributed by atoms with van der Waals surface area (Å²) in [4.78, 5) is 202. The van der Waals surface area contributed by atoms with Crippen molar-refractivity contribution >= 4 is 82.6 Å². The zero-order valence-corrected chi connectivity index (χ0v) is 61.8. The molecule has 0 aromatic heterocycles. The van der Waals surface area contributed by atoms with Gasteiger partial charge in [-0.1, -0.05) is 82.7 Å². The van der Waals surface area contributed by atoms with Crippen molar-refractivity contribution in [1.82, 2.24) is 62.6 Å². The molecule has 4 aliphatic heterocycles. The molecule has 0 saturated carbocycles. The quantitative estimate of drug-likeness (QED) is 0.0405. The van der Waals surface area contributed by atoms with Crippen LogP contribution in [0.5, 0.6) is 5.75 Å². The van der Waals surface area contributed by atoms with Crippen molar-refractivity contribution < 1.29 is 102 Å². The molecule has 2 aromatic rings. The van der Waals surface area contributed by atoms with Crippen LogP contribution in [0.15, 0.2) is 66.4 Å². The predicted octanol–water partition coefficient (Wildman–Crippen LogP) is -3.35. The third-order valence-corrected chi connectivity index (χ3v) is 19.9. The third kappa shape index (κ3) is 24.8. The van der Waals surface area contributed by atoms with Gasteiger partial charge in [-0.25, -0.2) is 4.79 Å². The largest absolute Gasteiger partial charge is 0.508 e. The molecule has 4 heterocycles. The number of esters is 1. The molecule has 17 N–H and O–H groups in total. The number of nitrogens with zero attached hydrogens (tertiary/aromatic N) is 3. The number of carbonyl (C=O) groups is 14. The fourth-order valence-corrected chi connectivity index (χ4v) is 13.4. The molecule has 34 heteroatoms. The first-order valence-corrected chi connectivity index (χ1v) is 36.5. The van der Waals surface area contributed by atoms with Gasteiger partial charge in [-0.2, -0.15) is 0 Å². The lowest BCUT2D eigenvalue weighted by atomic mass is 9.93. The number of phenolic OH excluding ortho intramolecular Hbond substituents is 1. The summed E-state index contributed by atoms with van der Waals surface area (Å²) in [5.41, 5.74) is 6.13. The number of aryl methyl sites for hydroxylation is 1. The van der Waals surface area contributed by atoms with E-state index in [0.717, 1.165) is 22.8 Å². The number of aliphatic hydroxyl groups is 5. The van der Waals surface area contributed by atoms with Crippen LogP contribution in [-0.4, -0.2) is 258 Å². The summed E-state index contributed by atoms with van der Waals surface area (Å²) in [5, 5.41) is 89.9. The van der Waals surface area contributed by atoms with Gasteiger partial charge in [0.05, 0.1) is 49.6 Å². The highest BCUT2D eigenvalue weighted by molar-refractivity contribution is 6.03. The molecule has 12 amide bonds. The minimum atomic E-state index is -2.49. The van der Waals surface area contributed by atoms with E-state index in [1.807, 2.05) is 0 Å². The Balaban J connectivity index is 1.43. The summed E-state index contributed by atoms with van der Waals surface area (Å²) in [6, 6.07) is -2.01. The maximum absolute atomic E-state index is 15.3. The number of allylic oxidation sites excluding steroid dienone is 1. The molecule has 2 aromatic carbocycles. The number of carbonyl (C=O) groups excluding carboxylic acids is 14. The Morgan fingerprint density at radius 1 is 0.673 bits per heavy atom. The molecule has 34 nitrogen and oxygen atoms in total. The molecule has 4 fully saturated rings. The van der Waals surface area contributed by atoms with Crippen molar-refractivity contribution in [2.24, 2.45) is 17.6 Å². The summed E-state index contributed by atoms with van der Waals surface area (Å²) < 4.78 is 6.11. The number of nitrogens with one attached hydrogen (secondary N) is 9. The van der Waals surface area contributed by atoms with Gasteiger partial charge < -0.3 is 98.3 Å². The minimum absolute atomic E-state index is 0.0135. The molecule has 6 rings (SSSR count). The number of benzene rings is 2. The zero-order valence-electron chi connectivity index (χ0n) is 61.8. The average molecular weight is 1500 g/mol. The molecule has 107 heavy (non-hydrogen) atoms. The topological polar surface area (TPSA) is 514 Å². The second-order valence-corrected chi connectivity index (χ2v) is 28.4. The number of ether oxygens (including phenoxy) is 1. The van der Waals surface area contributed by atoms with E-state index >= 15 is 9.59 Å². The second kappa shape index (κ2) is 41.0. The normalized spacial score (nSPS) is 26.7. The predicted molar refractivity (Wildman–Crippen MR) is 383 cm³/mol. The Bertz CT molecular complexity index is 3510. The van der Waals surface area contributed by atoms with Crippen LogP contribution in [-0.2, 0) is 84.7 Å². The summed E-state index contributed by atoms with van der Waals surface area (Å²) in [6.07, 6.45) is -9.72. The summed E-state index contributed by atoms with van der Waals surface area (Å²) in [7, 11) is 1.31. The highest BCUT2D eigenvalue weighted by atomic mass is 16.5. The number of nitrogens with two attached hydrogens (primary N) is 1. The van der Waals surface area contributed by atoms with Crippen LogP contribution >= 0.6 is 0 Å². The van der Waals surface area contributed by atoms with E-state index < -0.39 is 230 Å². The van der Waals surface area contributed by atoms with Gasteiger partial charge in [0.25, 0.3) is 11.8 Å². The van der Waals surface area contributed by atoms with Crippen LogP contribution in [0.2, 0.25) is 0 Å². The molecule has 2 bridgehead atoms. The van der Waals surface area contributed by atoms with Crippen molar-refractivity contribution in [3.8, 4) is 5.75 Å². The van der Waals surface area contributed by atoms with Gasteiger partial charge in [-0.15, -0.1) is 0 Å². The van der Waals surface area contributed by atoms with Crippen molar-refractivity contribution in [3.05, 3.63) is 77.5 Å². The van der Waals surface area contributed by atoms with Crippen LogP contribution in [0, 0.1) is 11.8 Å². The van der Waals surface area contributed by atoms with Gasteiger partial charge in [0.1, 0.15) is 65.9 Å². The molecule has 17 unspecified atom stereocenters. The van der Waals surface area contributed by atoms with Crippen molar-refractivity contribution in [3.63, 3.8) is 0 Å². The smallest absolute Gasteiger partial charge is 0.329 e. The number of hydrogen-bond donors (Lipinski definition) is 16. The molecular weight excluding hydrogens is 1390 g/mol. The second-order valence-electron chi connectivity index (χ2n) is 28.4. The van der Waals surface area contributed by atoms with Crippen molar-refractivity contribution in [2.45, 2.75) is 242 Å². The Morgan fingerprint density at radius 2 is 1.26 bits per heavy atom. The number of fused-ring (bicyclic) bond motifs is 4. The SMILES string of the molecule is CC=C1NC(=O)C(CO)NC(=O)C(C(C)CC)NC(=O)C2CCCN2C(=O)C2CCC(N2)C(=O)CNC(=O)C(CCC(N)=O)NC(=O)C(O)C(CC(CC(O)C(O)CC(C)C)OC(=O)C(Cc2ccc(O)cc2)N(C)C(C)=O)NC(=O)C2CCCN2C(=O)C(CCc2ccccc2)NC(=O)C(C(C)O)NC1=O. The van der Waals surface area contributed by atoms with Crippen LogP contribution < -0.4 is 53.6 Å². The lowest BCUT2D eigenvalue weighted by Crippen LogP contribution is -2.61. The van der Waals surface area contributed by atoms with Gasteiger partial charge in [-0.3, -0.25) is 67.6 Å². The Hall–Kier alpha value is -9.48. The van der Waals surface area contributed by atoms with Crippen molar-refractivity contribution in [2.75, 3.05) is 33.3 Å². The monoisotopic (exact) mass is 1500 g/mol. The fourth-order valence-electron chi connectivity index (χ4n) is 13.4. The van der Waals surface area contributed by atoms with Crippen molar-refractivity contribution in [1.29, 1.82) is 0 Å². The van der Waals surface area contributed by atoms with Gasteiger partial charge in [0.2, 0.25) is 59.1 Å². The number of aromatic hydroxyl groups is 1. The van der Waals surface area contributed by atoms with E-state index in [4.69, 9.17) is 10.5 Å². The summed E-state index contributed by atoms with van der Waals surface area (Å²) in [5.74, 6) is -14.3. The number of amides is 12. The molecule has 17 atom stereocenters. The molecule has 0 radical (unpaired) electrons. The molecule has 4 saturated heterocycles. The molecule has 4 aliphatic rings. The number of aliphatic hydroxyl groups excluding tert-OH is 5. The number of rotatable bonds is 22. The first kappa shape index (κ1) is 86.4. The molecular formula is C73H107N13O21. The number of primary amides is 1. The average Bonchev–Trinajstić information content (AvgIpc) is 1.74. The van der Waals surface area contributed by atoms with Crippen LogP contribution in [0.3, 0.4) is 0 Å². The maximum atomic E-state index is 15.3. The number of likely N-dealkylation sites (N-methyl/N-ethyl adjacent to an activating group) is 1. The van der Waals surface area contributed by atoms with E-state index in [0.29, 0.717) is 24.0 Å². The molecule has 0 aliphatic carbocycles. The van der Waals surface area contributed by atoms with Gasteiger partial charge >= 0.3 is 5.97 Å². The van der Waals surface area contributed by atoms with E-state index in [2.05, 4.69) is 47.9 Å². The standard InChI is InChI=1S/C73H107N13O21/c1-9-39(5)60-68(101)81-52(37-87)65(98)77-46(10-2)64(97)83-61(40(6)88)69(102)79-50(25-22-42-16-12-11-13-17-42)72(105)85-30-14-18-53(85)66(99)80-51(34-45(35-57(92)56(91)32-38(3)4)107-73(106)55(84(8)41(7)89)33-43-20-23-44(90)24-21-43)62(95)70(103)78-48(28-29-59(74)94)63(96)75-36-58(93)47-26-27-49(76-47)71(104)86-31-15-19-54(86)67(100)82-60/h10-13,16-17,20-21,23-24,38-40,45,47-57,60-62,76,87-88,90-92,95H,9,14-15,18-19,22,25-37H2,1-8H3,(H2,74,94)(H,75,96)(H,77,98)(H,78,103)(H,79,102)(H,80,99)(H,81,101)(H,82,100)(H,83,97). The number of ketones is 1. The fraction of sp³-hybridized carbons (Fsp3) is 0.616. The number of Topliss-reactive ketones (excluding diaryl/α,β-unsaturated/α-hetero) is 1. The van der Waals surface area contributed by atoms with Crippen LogP contribution in [0.4, 0.5) is 0 Å². The Morgan fingerprint density at radius 3 is 1.85 bits per heavy atom. The summed E-state index contributed by atoms with van der Waals surface area (Å²) in [6.45, 7) is 8.76. The lowest BCUT2D eigenvalue weighted by Gasteiger charge is -2.34. The highest BCUT2D eigenvalue weighted by Crippen LogP contribution is 2.27. The lowest BCUT2D eigenvalue weighted by molar-refractivity contribution is -0.162. The number of hydrogen-bond acceptors (Lipinski definition) is 22. The van der Waals surface area contributed by atoms with Gasteiger partial charge in [0.15, 0.2) is 11.9 Å². The van der Waals surface area contributed by atoms with Gasteiger partial charge in [-0.05, 0) is 113 Å². The molecule has 590 valence electrons. The minimum Gasteiger partial charge on any atom is -0.508 e. The zero-order chi connectivity index (χ0) is 79.1. The summed E-state index contributed by atoms with van der Waals surface area (Å²) >= 11 is 0. The van der Waals surface area contributed by atoms with E-state index in [1.54, 1.807) is 58.0 Å². The van der Waals surface area contributed by atoms with E-state index in [9.17, 15) is 88.2 Å². The first-order valence-electron chi connectivity index (χ1n) is 36.5. The third-order valence-electron chi connectivity index (χ3n) is 19.9. The number of phenols is 1. The first-order chi connectivity index (χ1) is 50.7. The van der Waals surface area contributed by atoms with E-state index in [-0.39, 0.29) is 82.5 Å². The highest BCUT2D eigenvalue weighted by Gasteiger charge is 2.46. The van der Waals surface area contributed by atoms with Gasteiger partial charge in [0, 0.05) is 52.7 Å².